The number of ether oxygens (including phenoxy) is 1. The molecule has 0 bridgehead atoms. The largest absolute Gasteiger partial charge is 0.386 e. The number of aliphatic hydroxyl groups excluding tert-OH is 1. The van der Waals surface area contributed by atoms with Gasteiger partial charge in [-0.3, -0.25) is 0 Å². The quantitative estimate of drug-likeness (QED) is 0.838. The molecule has 2 nitrogen and oxygen atoms in total. The Bertz CT molecular complexity index is 317. The van der Waals surface area contributed by atoms with Gasteiger partial charge in [0, 0.05) is 16.6 Å². The van der Waals surface area contributed by atoms with Crippen LogP contribution in [0.4, 0.5) is 4.39 Å². The average molecular weight is 277 g/mol. The third kappa shape index (κ3) is 3.89. The van der Waals surface area contributed by atoms with E-state index < -0.39 is 11.9 Å². The molecule has 0 aliphatic rings. The van der Waals surface area contributed by atoms with Gasteiger partial charge in [-0.25, -0.2) is 4.39 Å². The van der Waals surface area contributed by atoms with Crippen molar-refractivity contribution in [3.8, 4) is 0 Å². The van der Waals surface area contributed by atoms with E-state index in [2.05, 4.69) is 15.9 Å². The van der Waals surface area contributed by atoms with Gasteiger partial charge in [-0.05, 0) is 18.6 Å². The van der Waals surface area contributed by atoms with E-state index >= 15 is 0 Å². The van der Waals surface area contributed by atoms with E-state index in [1.54, 1.807) is 12.1 Å². The highest BCUT2D eigenvalue weighted by Gasteiger charge is 2.12. The predicted octanol–water partition coefficient (Wildman–Crippen LogP) is 3.05. The van der Waals surface area contributed by atoms with Crippen molar-refractivity contribution in [2.75, 3.05) is 13.2 Å². The number of hydrogen-bond donors (Lipinski definition) is 1. The van der Waals surface area contributed by atoms with Crippen molar-refractivity contribution < 1.29 is 14.2 Å². The van der Waals surface area contributed by atoms with Gasteiger partial charge in [0.1, 0.15) is 11.9 Å². The molecule has 1 unspecified atom stereocenters. The molecule has 0 saturated heterocycles. The first-order valence-corrected chi connectivity index (χ1v) is 5.65. The monoisotopic (exact) mass is 276 g/mol. The molecule has 0 fully saturated rings. The van der Waals surface area contributed by atoms with Crippen molar-refractivity contribution in [2.45, 2.75) is 19.4 Å². The maximum atomic E-state index is 13.4. The van der Waals surface area contributed by atoms with Crippen LogP contribution in [0.5, 0.6) is 0 Å². The van der Waals surface area contributed by atoms with Crippen LogP contribution in [0.15, 0.2) is 22.7 Å². The fourth-order valence-corrected chi connectivity index (χ4v) is 1.53. The molecule has 0 aliphatic carbocycles. The molecule has 15 heavy (non-hydrogen) atoms. The van der Waals surface area contributed by atoms with Crippen LogP contribution in [-0.4, -0.2) is 18.3 Å². The normalized spacial score (nSPS) is 12.8. The summed E-state index contributed by atoms with van der Waals surface area (Å²) in [6.07, 6.45) is -0.0140. The molecule has 4 heteroatoms. The number of rotatable bonds is 5. The van der Waals surface area contributed by atoms with Crippen molar-refractivity contribution in [3.63, 3.8) is 0 Å². The van der Waals surface area contributed by atoms with Crippen molar-refractivity contribution in [1.82, 2.24) is 0 Å². The molecule has 0 saturated carbocycles. The minimum absolute atomic E-state index is 0.131. The number of benzene rings is 1. The van der Waals surface area contributed by atoms with Gasteiger partial charge in [0.15, 0.2) is 0 Å². The topological polar surface area (TPSA) is 29.5 Å². The first-order chi connectivity index (χ1) is 7.15. The molecular formula is C11H14BrFO2. The van der Waals surface area contributed by atoms with Gasteiger partial charge in [-0.1, -0.05) is 28.9 Å². The Balaban J connectivity index is 2.61. The molecule has 0 radical (unpaired) electrons. The maximum Gasteiger partial charge on any atom is 0.130 e. The average Bonchev–Trinajstić information content (AvgIpc) is 2.17. The zero-order valence-corrected chi connectivity index (χ0v) is 10.1. The minimum atomic E-state index is -0.898. The summed E-state index contributed by atoms with van der Waals surface area (Å²) in [6, 6.07) is 4.58. The predicted molar refractivity (Wildman–Crippen MR) is 60.2 cm³/mol. The lowest BCUT2D eigenvalue weighted by molar-refractivity contribution is 0.0346. The maximum absolute atomic E-state index is 13.4. The summed E-state index contributed by atoms with van der Waals surface area (Å²) in [5.74, 6) is -0.419. The first-order valence-electron chi connectivity index (χ1n) is 4.86. The van der Waals surface area contributed by atoms with E-state index in [0.29, 0.717) is 11.1 Å². The van der Waals surface area contributed by atoms with E-state index in [-0.39, 0.29) is 12.2 Å². The molecule has 1 rings (SSSR count). The zero-order valence-electron chi connectivity index (χ0n) is 8.54. The molecule has 0 aliphatic heterocycles. The Morgan fingerprint density at radius 1 is 1.53 bits per heavy atom. The van der Waals surface area contributed by atoms with Crippen LogP contribution in [0.2, 0.25) is 0 Å². The van der Waals surface area contributed by atoms with Crippen molar-refractivity contribution in [1.29, 1.82) is 0 Å². The van der Waals surface area contributed by atoms with E-state index in [9.17, 15) is 9.50 Å². The smallest absolute Gasteiger partial charge is 0.130 e. The van der Waals surface area contributed by atoms with Gasteiger partial charge < -0.3 is 9.84 Å². The molecule has 0 aromatic heterocycles. The second kappa shape index (κ2) is 6.20. The summed E-state index contributed by atoms with van der Waals surface area (Å²) in [6.45, 7) is 2.69. The van der Waals surface area contributed by atoms with Gasteiger partial charge in [0.05, 0.1) is 6.61 Å². The molecule has 0 spiro atoms. The van der Waals surface area contributed by atoms with Crippen LogP contribution in [0.25, 0.3) is 0 Å². The lowest BCUT2D eigenvalue weighted by Crippen LogP contribution is -2.09. The van der Waals surface area contributed by atoms with Gasteiger partial charge in [0.2, 0.25) is 0 Å². The summed E-state index contributed by atoms with van der Waals surface area (Å²) in [4.78, 5) is 0. The third-order valence-electron chi connectivity index (χ3n) is 1.95. The molecule has 1 atom stereocenters. The zero-order chi connectivity index (χ0) is 11.3. The number of aliphatic hydroxyl groups is 1. The second-order valence-corrected chi connectivity index (χ2v) is 4.17. The summed E-state index contributed by atoms with van der Waals surface area (Å²) in [5, 5.41) is 9.64. The van der Waals surface area contributed by atoms with Crippen LogP contribution in [0.3, 0.4) is 0 Å². The van der Waals surface area contributed by atoms with Gasteiger partial charge in [0.25, 0.3) is 0 Å². The van der Waals surface area contributed by atoms with Crippen LogP contribution < -0.4 is 0 Å². The molecule has 1 aromatic rings. The fourth-order valence-electron chi connectivity index (χ4n) is 1.20. The molecule has 1 aromatic carbocycles. The molecule has 0 heterocycles. The highest BCUT2D eigenvalue weighted by atomic mass is 79.9. The highest BCUT2D eigenvalue weighted by Crippen LogP contribution is 2.21. The van der Waals surface area contributed by atoms with E-state index in [0.717, 1.165) is 6.42 Å². The Labute approximate surface area is 97.2 Å². The van der Waals surface area contributed by atoms with Gasteiger partial charge >= 0.3 is 0 Å². The van der Waals surface area contributed by atoms with Crippen molar-refractivity contribution in [3.05, 3.63) is 34.1 Å². The van der Waals surface area contributed by atoms with Gasteiger partial charge in [-0.15, -0.1) is 0 Å². The fraction of sp³-hybridized carbons (Fsp3) is 0.455. The van der Waals surface area contributed by atoms with Crippen LogP contribution in [0.1, 0.15) is 25.0 Å². The SMILES string of the molecule is CCCOCC(O)c1ccc(Br)cc1F. The highest BCUT2D eigenvalue weighted by molar-refractivity contribution is 9.10. The van der Waals surface area contributed by atoms with Crippen LogP contribution in [-0.2, 0) is 4.74 Å². The lowest BCUT2D eigenvalue weighted by atomic mass is 10.1. The van der Waals surface area contributed by atoms with E-state index in [1.165, 1.54) is 6.07 Å². The molecule has 84 valence electrons. The summed E-state index contributed by atoms with van der Waals surface area (Å²) >= 11 is 3.16. The third-order valence-corrected chi connectivity index (χ3v) is 2.44. The summed E-state index contributed by atoms with van der Waals surface area (Å²) < 4.78 is 19.2. The van der Waals surface area contributed by atoms with Gasteiger partial charge in [-0.2, -0.15) is 0 Å². The number of halogens is 2. The Hall–Kier alpha value is -0.450. The van der Waals surface area contributed by atoms with E-state index in [4.69, 9.17) is 4.74 Å². The summed E-state index contributed by atoms with van der Waals surface area (Å²) in [7, 11) is 0. The lowest BCUT2D eigenvalue weighted by Gasteiger charge is -2.12. The molecule has 0 amide bonds. The first kappa shape index (κ1) is 12.6. The Kier molecular flexibility index (Phi) is 5.22. The van der Waals surface area contributed by atoms with Crippen molar-refractivity contribution >= 4 is 15.9 Å². The van der Waals surface area contributed by atoms with Crippen molar-refractivity contribution in [2.24, 2.45) is 0 Å². The second-order valence-electron chi connectivity index (χ2n) is 3.26. The van der Waals surface area contributed by atoms with Crippen LogP contribution in [0, 0.1) is 5.82 Å². The molecule has 1 N–H and O–H groups in total. The Morgan fingerprint density at radius 3 is 2.87 bits per heavy atom. The molecular weight excluding hydrogens is 263 g/mol. The standard InChI is InChI=1S/C11H14BrFO2/c1-2-5-15-7-11(14)9-4-3-8(12)6-10(9)13/h3-4,6,11,14H,2,5,7H2,1H3. The number of hydrogen-bond acceptors (Lipinski definition) is 2. The Morgan fingerprint density at radius 2 is 2.27 bits per heavy atom. The van der Waals surface area contributed by atoms with Crippen LogP contribution >= 0.6 is 15.9 Å². The van der Waals surface area contributed by atoms with E-state index in [1.807, 2.05) is 6.92 Å². The summed E-state index contributed by atoms with van der Waals surface area (Å²) in [5.41, 5.74) is 0.273. The minimum Gasteiger partial charge on any atom is -0.386 e.